The first kappa shape index (κ1) is 29.7. The zero-order chi connectivity index (χ0) is 33.7. The summed E-state index contributed by atoms with van der Waals surface area (Å²) in [5, 5.41) is 2.66. The molecule has 2 atom stereocenters. The van der Waals surface area contributed by atoms with E-state index >= 15 is 0 Å². The van der Waals surface area contributed by atoms with Gasteiger partial charge in [-0.3, -0.25) is 0 Å². The highest BCUT2D eigenvalue weighted by Crippen LogP contribution is 2.50. The molecule has 2 aliphatic rings. The smallest absolute Gasteiger partial charge is 0.0629 e. The van der Waals surface area contributed by atoms with Gasteiger partial charge >= 0.3 is 0 Å². The Morgan fingerprint density at radius 2 is 1.06 bits per heavy atom. The Balaban J connectivity index is 0.996. The molecule has 10 rings (SSSR count). The fourth-order valence-corrected chi connectivity index (χ4v) is 9.17. The molecular weight excluding hydrogens is 637 g/mol. The molecule has 0 fully saturated rings. The van der Waals surface area contributed by atoms with E-state index in [0.29, 0.717) is 5.92 Å². The van der Waals surface area contributed by atoms with Crippen LogP contribution in [-0.4, -0.2) is 6.04 Å². The molecule has 0 N–H and O–H groups in total. The minimum Gasteiger partial charge on any atom is -0.333 e. The monoisotopic (exact) mass is 670 g/mol. The highest BCUT2D eigenvalue weighted by Gasteiger charge is 2.37. The Morgan fingerprint density at radius 1 is 0.451 bits per heavy atom. The quantitative estimate of drug-likeness (QED) is 0.174. The van der Waals surface area contributed by atoms with Crippen LogP contribution in [0.2, 0.25) is 0 Å². The molecule has 2 heterocycles. The Bertz CT molecular complexity index is 2600. The van der Waals surface area contributed by atoms with E-state index < -0.39 is 0 Å². The van der Waals surface area contributed by atoms with Crippen molar-refractivity contribution >= 4 is 59.9 Å². The fourth-order valence-electron chi connectivity index (χ4n) is 8.02. The first-order valence-electron chi connectivity index (χ1n) is 17.6. The van der Waals surface area contributed by atoms with Crippen molar-refractivity contribution in [3.63, 3.8) is 0 Å². The topological polar surface area (TPSA) is 6.48 Å². The van der Waals surface area contributed by atoms with Crippen LogP contribution in [0.1, 0.15) is 11.5 Å². The average molecular weight is 671 g/mol. The Labute approximate surface area is 302 Å². The zero-order valence-corrected chi connectivity index (χ0v) is 28.7. The van der Waals surface area contributed by atoms with Gasteiger partial charge < -0.3 is 9.80 Å². The number of rotatable bonds is 6. The van der Waals surface area contributed by atoms with E-state index in [2.05, 4.69) is 204 Å². The summed E-state index contributed by atoms with van der Waals surface area (Å²) < 4.78 is 2.66. The minimum absolute atomic E-state index is 0.260. The van der Waals surface area contributed by atoms with Gasteiger partial charge in [-0.05, 0) is 82.9 Å². The van der Waals surface area contributed by atoms with E-state index in [1.807, 2.05) is 11.3 Å². The molecule has 3 heteroatoms. The predicted molar refractivity (Wildman–Crippen MR) is 218 cm³/mol. The normalized spacial score (nSPS) is 16.0. The van der Waals surface area contributed by atoms with Crippen molar-refractivity contribution in [3.05, 3.63) is 200 Å². The zero-order valence-electron chi connectivity index (χ0n) is 27.9. The second-order valence-electron chi connectivity index (χ2n) is 13.3. The van der Waals surface area contributed by atoms with Gasteiger partial charge in [0.2, 0.25) is 0 Å². The van der Waals surface area contributed by atoms with Crippen molar-refractivity contribution in [1.82, 2.24) is 0 Å². The lowest BCUT2D eigenvalue weighted by atomic mass is 9.91. The third-order valence-electron chi connectivity index (χ3n) is 10.4. The molecule has 8 aromatic rings. The molecule has 0 spiro atoms. The van der Waals surface area contributed by atoms with Gasteiger partial charge in [-0.2, -0.15) is 0 Å². The van der Waals surface area contributed by atoms with E-state index in [0.717, 1.165) is 17.1 Å². The SMILES string of the molecule is C1=CC2c3ccccc3N(c3ccccc3-c3ccc(N(c4ccccc4)c4ccc(-c5ccc6c(c5)sc5ccccc56)cc4)cc3)C2C=C1. The summed E-state index contributed by atoms with van der Waals surface area (Å²) in [6, 6.07) is 62.2. The molecule has 1 aliphatic carbocycles. The van der Waals surface area contributed by atoms with E-state index in [9.17, 15) is 0 Å². The molecule has 51 heavy (non-hydrogen) atoms. The predicted octanol–water partition coefficient (Wildman–Crippen LogP) is 13.6. The highest BCUT2D eigenvalue weighted by atomic mass is 32.1. The van der Waals surface area contributed by atoms with Crippen molar-refractivity contribution in [1.29, 1.82) is 0 Å². The first-order valence-corrected chi connectivity index (χ1v) is 18.4. The summed E-state index contributed by atoms with van der Waals surface area (Å²) in [5.74, 6) is 0.353. The molecule has 242 valence electrons. The summed E-state index contributed by atoms with van der Waals surface area (Å²) in [6.07, 6.45) is 9.06. The van der Waals surface area contributed by atoms with Crippen LogP contribution >= 0.6 is 11.3 Å². The van der Waals surface area contributed by atoms with E-state index in [1.54, 1.807) is 0 Å². The fraction of sp³-hybridized carbons (Fsp3) is 0.0417. The molecule has 0 saturated carbocycles. The molecular formula is C48H34N2S. The molecule has 0 bridgehead atoms. The maximum absolute atomic E-state index is 2.53. The van der Waals surface area contributed by atoms with Crippen LogP contribution in [0.25, 0.3) is 42.4 Å². The summed E-state index contributed by atoms with van der Waals surface area (Å²) in [6.45, 7) is 0. The number of hydrogen-bond acceptors (Lipinski definition) is 3. The standard InChI is InChI=1S/C48H34N2S/c1-2-12-36(13-3-1)49(37-27-22-33(23-28-37)35-26-31-43-42-17-7-11-21-47(42)51-48(43)32-35)38-29-24-34(25-30-38)39-14-4-8-18-44(39)50-45-19-9-5-15-40(45)41-16-6-10-20-46(41)50/h1-32,40,45H. The van der Waals surface area contributed by atoms with Crippen molar-refractivity contribution in [2.75, 3.05) is 9.80 Å². The first-order chi connectivity index (χ1) is 25.3. The third-order valence-corrected chi connectivity index (χ3v) is 11.5. The molecule has 0 saturated heterocycles. The van der Waals surface area contributed by atoms with Crippen molar-refractivity contribution in [2.24, 2.45) is 0 Å². The molecule has 1 aliphatic heterocycles. The van der Waals surface area contributed by atoms with Crippen molar-refractivity contribution < 1.29 is 0 Å². The number of nitrogens with zero attached hydrogens (tertiary/aromatic N) is 2. The number of allylic oxidation sites excluding steroid dienone is 2. The van der Waals surface area contributed by atoms with Gasteiger partial charge in [0.1, 0.15) is 0 Å². The van der Waals surface area contributed by atoms with Gasteiger partial charge in [-0.25, -0.2) is 0 Å². The summed E-state index contributed by atoms with van der Waals surface area (Å²) in [5.41, 5.74) is 12.2. The van der Waals surface area contributed by atoms with Crippen molar-refractivity contribution in [3.8, 4) is 22.3 Å². The van der Waals surface area contributed by atoms with Crippen LogP contribution in [0.15, 0.2) is 194 Å². The lowest BCUT2D eigenvalue weighted by Gasteiger charge is -2.30. The second-order valence-corrected chi connectivity index (χ2v) is 14.4. The second kappa shape index (κ2) is 12.3. The minimum atomic E-state index is 0.260. The number of anilines is 5. The van der Waals surface area contributed by atoms with Crippen LogP contribution in [0.3, 0.4) is 0 Å². The lowest BCUT2D eigenvalue weighted by Crippen LogP contribution is -2.28. The summed E-state index contributed by atoms with van der Waals surface area (Å²) in [4.78, 5) is 4.87. The van der Waals surface area contributed by atoms with E-state index in [-0.39, 0.29) is 6.04 Å². The molecule has 0 radical (unpaired) electrons. The van der Waals surface area contributed by atoms with Gasteiger partial charge in [0.05, 0.1) is 6.04 Å². The Hall–Kier alpha value is -6.16. The third kappa shape index (κ3) is 5.09. The van der Waals surface area contributed by atoms with Crippen LogP contribution in [0.5, 0.6) is 0 Å². The van der Waals surface area contributed by atoms with E-state index in [1.165, 1.54) is 59.4 Å². The molecule has 7 aromatic carbocycles. The Morgan fingerprint density at radius 3 is 1.88 bits per heavy atom. The number of hydrogen-bond donors (Lipinski definition) is 0. The van der Waals surface area contributed by atoms with Crippen LogP contribution < -0.4 is 9.80 Å². The number of thiophene rings is 1. The highest BCUT2D eigenvalue weighted by molar-refractivity contribution is 7.25. The van der Waals surface area contributed by atoms with Crippen molar-refractivity contribution in [2.45, 2.75) is 12.0 Å². The molecule has 1 aromatic heterocycles. The Kier molecular flexibility index (Phi) is 7.18. The van der Waals surface area contributed by atoms with Gasteiger partial charge in [0.25, 0.3) is 0 Å². The number of para-hydroxylation sites is 3. The van der Waals surface area contributed by atoms with Gasteiger partial charge in [0.15, 0.2) is 0 Å². The van der Waals surface area contributed by atoms with Gasteiger partial charge in [-0.1, -0.05) is 133 Å². The molecule has 2 nitrogen and oxygen atoms in total. The number of benzene rings is 7. The summed E-state index contributed by atoms with van der Waals surface area (Å²) >= 11 is 1.87. The van der Waals surface area contributed by atoms with Gasteiger partial charge in [-0.15, -0.1) is 11.3 Å². The maximum atomic E-state index is 2.53. The molecule has 2 unspecified atom stereocenters. The van der Waals surface area contributed by atoms with Gasteiger partial charge in [0, 0.05) is 60.1 Å². The average Bonchev–Trinajstić information content (AvgIpc) is 3.74. The summed E-state index contributed by atoms with van der Waals surface area (Å²) in [7, 11) is 0. The largest absolute Gasteiger partial charge is 0.333 e. The van der Waals surface area contributed by atoms with Crippen LogP contribution in [-0.2, 0) is 0 Å². The maximum Gasteiger partial charge on any atom is 0.0629 e. The van der Waals surface area contributed by atoms with E-state index in [4.69, 9.17) is 0 Å². The van der Waals surface area contributed by atoms with Crippen LogP contribution in [0, 0.1) is 0 Å². The molecule has 0 amide bonds. The van der Waals surface area contributed by atoms with Crippen LogP contribution in [0.4, 0.5) is 28.4 Å². The number of fused-ring (bicyclic) bond motifs is 6. The lowest BCUT2D eigenvalue weighted by molar-refractivity contribution is 0.745.